The number of urea groups is 1. The maximum atomic E-state index is 14.1. The predicted octanol–water partition coefficient (Wildman–Crippen LogP) is 1.33. The standard InChI is InChI=1S/C32H33N7O5/c1-3-16-37-21-29(41)38-27(17-22-12-14-25(40)15-13-22)31(43)36(19-24-10-7-11-26(35-24)30(42)33-2)20-28(38)39(37)32(44)34-18-23-8-5-4-6-9-23/h1,4-15,27-28,40H,16-21H2,2H3,(H,33,42)(H,34,44). The third kappa shape index (κ3) is 6.48. The van der Waals surface area contributed by atoms with Crippen LogP contribution in [0.5, 0.6) is 5.75 Å². The molecule has 1 aromatic heterocycles. The second kappa shape index (κ2) is 13.3. The molecule has 3 N–H and O–H groups in total. The van der Waals surface area contributed by atoms with E-state index in [1.54, 1.807) is 35.2 Å². The molecular formula is C32H33N7O5. The number of hydrogen-bond acceptors (Lipinski definition) is 7. The molecule has 3 heterocycles. The zero-order valence-electron chi connectivity index (χ0n) is 24.2. The Bertz CT molecular complexity index is 1570. The van der Waals surface area contributed by atoms with Crippen LogP contribution in [0.25, 0.3) is 0 Å². The van der Waals surface area contributed by atoms with Crippen molar-refractivity contribution in [3.05, 3.63) is 95.3 Å². The lowest BCUT2D eigenvalue weighted by Crippen LogP contribution is -2.76. The molecule has 0 aliphatic carbocycles. The normalized spacial score (nSPS) is 18.4. The molecule has 2 aliphatic rings. The smallest absolute Gasteiger partial charge is 0.334 e. The summed E-state index contributed by atoms with van der Waals surface area (Å²) in [6.07, 6.45) is 4.92. The topological polar surface area (TPSA) is 138 Å². The molecule has 2 aromatic carbocycles. The number of amides is 5. The fraction of sp³-hybridized carbons (Fsp3) is 0.281. The number of benzene rings is 2. The number of pyridine rings is 1. The molecule has 2 aliphatic heterocycles. The molecule has 2 saturated heterocycles. The first-order valence-corrected chi connectivity index (χ1v) is 14.1. The van der Waals surface area contributed by atoms with Crippen molar-refractivity contribution in [1.29, 1.82) is 0 Å². The van der Waals surface area contributed by atoms with E-state index >= 15 is 0 Å². The van der Waals surface area contributed by atoms with Gasteiger partial charge in [0.1, 0.15) is 23.7 Å². The Kier molecular flexibility index (Phi) is 9.06. The fourth-order valence-electron chi connectivity index (χ4n) is 5.51. The Balaban J connectivity index is 1.50. The van der Waals surface area contributed by atoms with Crippen LogP contribution >= 0.6 is 0 Å². The van der Waals surface area contributed by atoms with E-state index < -0.39 is 18.2 Å². The van der Waals surface area contributed by atoms with Gasteiger partial charge in [-0.1, -0.05) is 54.5 Å². The van der Waals surface area contributed by atoms with Crippen LogP contribution in [0, 0.1) is 12.3 Å². The van der Waals surface area contributed by atoms with Crippen molar-refractivity contribution in [1.82, 2.24) is 35.4 Å². The molecule has 2 unspecified atom stereocenters. The highest BCUT2D eigenvalue weighted by Gasteiger charge is 2.51. The van der Waals surface area contributed by atoms with Gasteiger partial charge in [-0.25, -0.2) is 14.8 Å². The first kappa shape index (κ1) is 30.1. The van der Waals surface area contributed by atoms with Crippen molar-refractivity contribution in [2.24, 2.45) is 0 Å². The minimum absolute atomic E-state index is 0.00113. The second-order valence-electron chi connectivity index (χ2n) is 10.5. The van der Waals surface area contributed by atoms with Crippen LogP contribution in [0.4, 0.5) is 4.79 Å². The summed E-state index contributed by atoms with van der Waals surface area (Å²) in [4.78, 5) is 61.2. The second-order valence-corrected chi connectivity index (χ2v) is 10.5. The number of hydrogen-bond donors (Lipinski definition) is 3. The van der Waals surface area contributed by atoms with Crippen molar-refractivity contribution < 1.29 is 24.3 Å². The van der Waals surface area contributed by atoms with Crippen LogP contribution in [0.3, 0.4) is 0 Å². The third-order valence-electron chi connectivity index (χ3n) is 7.58. The van der Waals surface area contributed by atoms with Crippen molar-refractivity contribution in [2.45, 2.75) is 31.7 Å². The van der Waals surface area contributed by atoms with Gasteiger partial charge in [-0.15, -0.1) is 6.42 Å². The summed E-state index contributed by atoms with van der Waals surface area (Å²) < 4.78 is 0. The molecular weight excluding hydrogens is 562 g/mol. The Labute approximate surface area is 255 Å². The summed E-state index contributed by atoms with van der Waals surface area (Å²) in [5.74, 6) is 1.58. The zero-order chi connectivity index (χ0) is 31.2. The first-order chi connectivity index (χ1) is 21.3. The van der Waals surface area contributed by atoms with Crippen molar-refractivity contribution in [3.8, 4) is 18.1 Å². The van der Waals surface area contributed by atoms with Gasteiger partial charge in [0, 0.05) is 20.0 Å². The quantitative estimate of drug-likeness (QED) is 0.334. The van der Waals surface area contributed by atoms with E-state index in [0.717, 1.165) is 11.1 Å². The highest BCUT2D eigenvalue weighted by molar-refractivity contribution is 5.92. The average Bonchev–Trinajstić information content (AvgIpc) is 3.03. The Morgan fingerprint density at radius 2 is 1.77 bits per heavy atom. The Morgan fingerprint density at radius 1 is 1.02 bits per heavy atom. The molecule has 12 nitrogen and oxygen atoms in total. The number of carbonyl (C=O) groups is 4. The van der Waals surface area contributed by atoms with Gasteiger partial charge >= 0.3 is 6.03 Å². The molecule has 5 amide bonds. The lowest BCUT2D eigenvalue weighted by Gasteiger charge is -2.54. The number of carbonyl (C=O) groups excluding carboxylic acids is 4. The largest absolute Gasteiger partial charge is 0.508 e. The van der Waals surface area contributed by atoms with Gasteiger partial charge in [0.15, 0.2) is 0 Å². The number of hydrazine groups is 1. The molecule has 0 radical (unpaired) electrons. The number of fused-ring (bicyclic) bond motifs is 1. The Hall–Kier alpha value is -5.41. The number of phenolic OH excluding ortho intramolecular Hbond substituents is 1. The number of phenols is 1. The minimum atomic E-state index is -0.953. The van der Waals surface area contributed by atoms with Gasteiger partial charge in [-0.05, 0) is 35.4 Å². The van der Waals surface area contributed by atoms with Gasteiger partial charge in [0.25, 0.3) is 5.91 Å². The Morgan fingerprint density at radius 3 is 2.48 bits per heavy atom. The summed E-state index contributed by atoms with van der Waals surface area (Å²) >= 11 is 0. The summed E-state index contributed by atoms with van der Waals surface area (Å²) in [6, 6.07) is 19.4. The van der Waals surface area contributed by atoms with E-state index in [1.165, 1.54) is 34.1 Å². The summed E-state index contributed by atoms with van der Waals surface area (Å²) in [7, 11) is 1.51. The van der Waals surface area contributed by atoms with Crippen molar-refractivity contribution >= 4 is 23.8 Å². The van der Waals surface area contributed by atoms with Crippen LogP contribution in [0.1, 0.15) is 27.3 Å². The van der Waals surface area contributed by atoms with E-state index in [1.807, 2.05) is 30.3 Å². The molecule has 0 bridgehead atoms. The number of aromatic nitrogens is 1. The third-order valence-corrected chi connectivity index (χ3v) is 7.58. The van der Waals surface area contributed by atoms with Crippen molar-refractivity contribution in [3.63, 3.8) is 0 Å². The first-order valence-electron chi connectivity index (χ1n) is 14.1. The summed E-state index contributed by atoms with van der Waals surface area (Å²) in [6.45, 7) is 0.0947. The molecule has 2 fully saturated rings. The number of nitrogens with zero attached hydrogens (tertiary/aromatic N) is 5. The van der Waals surface area contributed by atoms with E-state index in [-0.39, 0.29) is 68.3 Å². The van der Waals surface area contributed by atoms with Gasteiger partial charge in [-0.3, -0.25) is 14.4 Å². The molecule has 3 aromatic rings. The van der Waals surface area contributed by atoms with Gasteiger partial charge in [0.2, 0.25) is 11.8 Å². The van der Waals surface area contributed by atoms with Crippen LogP contribution in [-0.4, -0.2) is 92.6 Å². The van der Waals surface area contributed by atoms with Crippen molar-refractivity contribution in [2.75, 3.05) is 26.7 Å². The van der Waals surface area contributed by atoms with Crippen LogP contribution in [0.2, 0.25) is 0 Å². The highest BCUT2D eigenvalue weighted by atomic mass is 16.3. The molecule has 0 spiro atoms. The predicted molar refractivity (Wildman–Crippen MR) is 160 cm³/mol. The molecule has 5 rings (SSSR count). The molecule has 44 heavy (non-hydrogen) atoms. The number of aromatic hydroxyl groups is 1. The molecule has 0 saturated carbocycles. The van der Waals surface area contributed by atoms with Crippen LogP contribution < -0.4 is 10.6 Å². The van der Waals surface area contributed by atoms with Gasteiger partial charge in [-0.2, -0.15) is 5.01 Å². The lowest BCUT2D eigenvalue weighted by molar-refractivity contribution is -0.189. The summed E-state index contributed by atoms with van der Waals surface area (Å²) in [5.41, 5.74) is 2.29. The van der Waals surface area contributed by atoms with E-state index in [4.69, 9.17) is 6.42 Å². The van der Waals surface area contributed by atoms with Gasteiger partial charge < -0.3 is 25.5 Å². The van der Waals surface area contributed by atoms with E-state index in [2.05, 4.69) is 21.5 Å². The van der Waals surface area contributed by atoms with Crippen LogP contribution in [0.15, 0.2) is 72.8 Å². The van der Waals surface area contributed by atoms with E-state index in [9.17, 15) is 24.3 Å². The van der Waals surface area contributed by atoms with Gasteiger partial charge in [0.05, 0.1) is 31.9 Å². The number of nitrogens with one attached hydrogen (secondary N) is 2. The van der Waals surface area contributed by atoms with Crippen LogP contribution in [-0.2, 0) is 29.1 Å². The highest BCUT2D eigenvalue weighted by Crippen LogP contribution is 2.29. The average molecular weight is 596 g/mol. The molecule has 2 atom stereocenters. The maximum absolute atomic E-state index is 14.1. The number of rotatable bonds is 8. The fourth-order valence-corrected chi connectivity index (χ4v) is 5.51. The molecule has 12 heteroatoms. The monoisotopic (exact) mass is 595 g/mol. The van der Waals surface area contributed by atoms with E-state index in [0.29, 0.717) is 5.69 Å². The lowest BCUT2D eigenvalue weighted by atomic mass is 9.98. The zero-order valence-corrected chi connectivity index (χ0v) is 24.2. The summed E-state index contributed by atoms with van der Waals surface area (Å²) in [5, 5.41) is 18.2. The minimum Gasteiger partial charge on any atom is -0.508 e. The maximum Gasteiger partial charge on any atom is 0.334 e. The number of terminal acetylenes is 1. The molecule has 226 valence electrons. The number of piperazine rings is 1. The SMILES string of the molecule is C#CCN1CC(=O)N2C(Cc3ccc(O)cc3)C(=O)N(Cc3cccc(C(=O)NC)n3)CC2N1C(=O)NCc1ccccc1.